The van der Waals surface area contributed by atoms with Crippen LogP contribution in [-0.4, -0.2) is 7.05 Å². The Balaban J connectivity index is 1.83. The molecule has 0 N–H and O–H groups in total. The summed E-state index contributed by atoms with van der Waals surface area (Å²) in [6, 6.07) is 19.3. The average Bonchev–Trinajstić information content (AvgIpc) is 2.56. The normalized spacial score (nSPS) is 13.9. The van der Waals surface area contributed by atoms with Gasteiger partial charge in [-0.1, -0.05) is 54.6 Å². The molecule has 0 radical (unpaired) electrons. The highest BCUT2D eigenvalue weighted by molar-refractivity contribution is 5.67. The molecular formula is C19H19N. The molecule has 0 saturated carbocycles. The average molecular weight is 261 g/mol. The molecule has 1 heteroatoms. The van der Waals surface area contributed by atoms with Gasteiger partial charge in [0, 0.05) is 18.4 Å². The minimum Gasteiger partial charge on any atom is -0.348 e. The van der Waals surface area contributed by atoms with E-state index in [4.69, 9.17) is 0 Å². The molecule has 0 aromatic heterocycles. The van der Waals surface area contributed by atoms with Crippen molar-refractivity contribution >= 4 is 5.69 Å². The Kier molecular flexibility index (Phi) is 3.69. The number of hydrogen-bond donors (Lipinski definition) is 0. The van der Waals surface area contributed by atoms with E-state index in [2.05, 4.69) is 84.8 Å². The first-order valence-electron chi connectivity index (χ1n) is 7.09. The molecule has 2 aromatic rings. The number of allylic oxidation sites excluding steroid dienone is 4. The van der Waals surface area contributed by atoms with Crippen LogP contribution in [0.5, 0.6) is 0 Å². The largest absolute Gasteiger partial charge is 0.348 e. The highest BCUT2D eigenvalue weighted by atomic mass is 15.1. The number of hydrogen-bond acceptors (Lipinski definition) is 1. The molecule has 1 aliphatic rings. The Morgan fingerprint density at radius 3 is 2.20 bits per heavy atom. The van der Waals surface area contributed by atoms with Gasteiger partial charge in [-0.3, -0.25) is 0 Å². The fourth-order valence-corrected chi connectivity index (χ4v) is 2.54. The van der Waals surface area contributed by atoms with Gasteiger partial charge in [0.05, 0.1) is 0 Å². The van der Waals surface area contributed by atoms with Crippen LogP contribution in [0, 0.1) is 0 Å². The molecule has 3 rings (SSSR count). The lowest BCUT2D eigenvalue weighted by Crippen LogP contribution is -2.16. The van der Waals surface area contributed by atoms with Crippen LogP contribution in [0.2, 0.25) is 0 Å². The Morgan fingerprint density at radius 1 is 0.850 bits per heavy atom. The van der Waals surface area contributed by atoms with Gasteiger partial charge >= 0.3 is 0 Å². The maximum absolute atomic E-state index is 2.28. The zero-order chi connectivity index (χ0) is 13.8. The van der Waals surface area contributed by atoms with Gasteiger partial charge in [-0.2, -0.15) is 0 Å². The molecule has 2 aromatic carbocycles. The van der Waals surface area contributed by atoms with Gasteiger partial charge in [0.25, 0.3) is 0 Å². The van der Waals surface area contributed by atoms with Crippen LogP contribution in [0.3, 0.4) is 0 Å². The summed E-state index contributed by atoms with van der Waals surface area (Å²) < 4.78 is 0. The minimum absolute atomic E-state index is 1.12. The van der Waals surface area contributed by atoms with Gasteiger partial charge in [0.2, 0.25) is 0 Å². The molecule has 0 heterocycles. The number of anilines is 1. The summed E-state index contributed by atoms with van der Waals surface area (Å²) in [7, 11) is 2.14. The quantitative estimate of drug-likeness (QED) is 0.749. The van der Waals surface area contributed by atoms with Crippen molar-refractivity contribution in [3.8, 4) is 11.1 Å². The number of rotatable bonds is 3. The predicted molar refractivity (Wildman–Crippen MR) is 86.7 cm³/mol. The molecule has 0 saturated heterocycles. The van der Waals surface area contributed by atoms with E-state index >= 15 is 0 Å². The first-order chi connectivity index (χ1) is 9.84. The van der Waals surface area contributed by atoms with Crippen molar-refractivity contribution in [1.29, 1.82) is 0 Å². The Labute approximate surface area is 120 Å². The molecule has 1 nitrogen and oxygen atoms in total. The lowest BCUT2D eigenvalue weighted by molar-refractivity contribution is 0.896. The van der Waals surface area contributed by atoms with Crippen molar-refractivity contribution in [3.63, 3.8) is 0 Å². The lowest BCUT2D eigenvalue weighted by Gasteiger charge is -2.24. The van der Waals surface area contributed by atoms with Crippen LogP contribution in [0.1, 0.15) is 12.8 Å². The van der Waals surface area contributed by atoms with Crippen LogP contribution in [0.15, 0.2) is 78.5 Å². The van der Waals surface area contributed by atoms with Crippen molar-refractivity contribution < 1.29 is 0 Å². The highest BCUT2D eigenvalue weighted by Gasteiger charge is 2.08. The minimum atomic E-state index is 1.12. The smallest absolute Gasteiger partial charge is 0.0406 e. The summed E-state index contributed by atoms with van der Waals surface area (Å²) in [5.41, 5.74) is 5.15. The van der Waals surface area contributed by atoms with Gasteiger partial charge in [-0.15, -0.1) is 0 Å². The predicted octanol–water partition coefficient (Wildman–Crippen LogP) is 5.02. The van der Waals surface area contributed by atoms with Crippen LogP contribution in [0.4, 0.5) is 5.69 Å². The fraction of sp³-hybridized carbons (Fsp3) is 0.158. The maximum Gasteiger partial charge on any atom is 0.0406 e. The Morgan fingerprint density at radius 2 is 1.55 bits per heavy atom. The molecule has 100 valence electrons. The van der Waals surface area contributed by atoms with Crippen LogP contribution in [0.25, 0.3) is 11.1 Å². The van der Waals surface area contributed by atoms with Crippen molar-refractivity contribution in [2.24, 2.45) is 0 Å². The monoisotopic (exact) mass is 261 g/mol. The molecule has 0 aliphatic heterocycles. The van der Waals surface area contributed by atoms with Crippen LogP contribution < -0.4 is 4.90 Å². The van der Waals surface area contributed by atoms with Gasteiger partial charge in [-0.25, -0.2) is 0 Å². The lowest BCUT2D eigenvalue weighted by atomic mass is 10.0. The second-order valence-corrected chi connectivity index (χ2v) is 5.10. The Hall–Kier alpha value is -2.28. The van der Waals surface area contributed by atoms with E-state index in [1.54, 1.807) is 0 Å². The Bertz CT molecular complexity index is 621. The van der Waals surface area contributed by atoms with Crippen molar-refractivity contribution in [2.45, 2.75) is 12.8 Å². The number of nitrogens with zero attached hydrogens (tertiary/aromatic N) is 1. The number of benzene rings is 2. The summed E-state index contributed by atoms with van der Waals surface area (Å²) in [6.07, 6.45) is 8.82. The van der Waals surface area contributed by atoms with Gasteiger partial charge in [0.15, 0.2) is 0 Å². The third kappa shape index (κ3) is 2.67. The van der Waals surface area contributed by atoms with Crippen LogP contribution in [-0.2, 0) is 0 Å². The third-order valence-electron chi connectivity index (χ3n) is 3.78. The molecule has 0 amide bonds. The molecule has 0 bridgehead atoms. The van der Waals surface area contributed by atoms with E-state index in [0.29, 0.717) is 0 Å². The molecule has 0 fully saturated rings. The molecule has 20 heavy (non-hydrogen) atoms. The zero-order valence-corrected chi connectivity index (χ0v) is 11.8. The van der Waals surface area contributed by atoms with Crippen molar-refractivity contribution in [1.82, 2.24) is 0 Å². The van der Waals surface area contributed by atoms with Crippen molar-refractivity contribution in [3.05, 3.63) is 78.5 Å². The molecule has 0 spiro atoms. The summed E-state index contributed by atoms with van der Waals surface area (Å²) in [5.74, 6) is 0. The summed E-state index contributed by atoms with van der Waals surface area (Å²) in [5, 5.41) is 0. The van der Waals surface area contributed by atoms with E-state index in [1.165, 1.54) is 22.5 Å². The van der Waals surface area contributed by atoms with E-state index < -0.39 is 0 Å². The van der Waals surface area contributed by atoms with E-state index in [9.17, 15) is 0 Å². The second kappa shape index (κ2) is 5.79. The molecular weight excluding hydrogens is 242 g/mol. The topological polar surface area (TPSA) is 3.24 Å². The van der Waals surface area contributed by atoms with Gasteiger partial charge in [0.1, 0.15) is 0 Å². The molecule has 0 atom stereocenters. The first kappa shape index (κ1) is 12.7. The highest BCUT2D eigenvalue weighted by Crippen LogP contribution is 2.26. The third-order valence-corrected chi connectivity index (χ3v) is 3.78. The van der Waals surface area contributed by atoms with Crippen molar-refractivity contribution in [2.75, 3.05) is 11.9 Å². The zero-order valence-electron chi connectivity index (χ0n) is 11.8. The summed E-state index contributed by atoms with van der Waals surface area (Å²) in [6.45, 7) is 0. The van der Waals surface area contributed by atoms with Gasteiger partial charge in [-0.05, 0) is 42.2 Å². The SMILES string of the molecule is CN(C1=CC=CCC1)c1ccc(-c2ccccc2)cc1. The second-order valence-electron chi connectivity index (χ2n) is 5.10. The molecule has 1 aliphatic carbocycles. The van der Waals surface area contributed by atoms with Crippen LogP contribution >= 0.6 is 0 Å². The van der Waals surface area contributed by atoms with E-state index in [0.717, 1.165) is 12.8 Å². The maximum atomic E-state index is 2.28. The standard InChI is InChI=1S/C19H19N/c1-20(18-10-6-3-7-11-18)19-14-12-17(13-15-19)16-8-4-2-5-9-16/h2-6,8-10,12-15H,7,11H2,1H3. The van der Waals surface area contributed by atoms with E-state index in [-0.39, 0.29) is 0 Å². The molecule has 0 unspecified atom stereocenters. The summed E-state index contributed by atoms with van der Waals surface area (Å²) >= 11 is 0. The van der Waals surface area contributed by atoms with Gasteiger partial charge < -0.3 is 4.90 Å². The van der Waals surface area contributed by atoms with E-state index in [1.807, 2.05) is 0 Å². The summed E-state index contributed by atoms with van der Waals surface area (Å²) in [4.78, 5) is 2.28. The first-order valence-corrected chi connectivity index (χ1v) is 7.09. The fourth-order valence-electron chi connectivity index (χ4n) is 2.54.